The average molecular weight is 479 g/mol. The molecule has 1 heterocycles. The predicted octanol–water partition coefficient (Wildman–Crippen LogP) is 7.10. The van der Waals surface area contributed by atoms with E-state index >= 15 is 0 Å². The van der Waals surface area contributed by atoms with E-state index in [1.165, 1.54) is 18.2 Å². The number of rotatable bonds is 5. The third-order valence-electron chi connectivity index (χ3n) is 6.28. The third kappa shape index (κ3) is 4.37. The number of nitrogens with zero attached hydrogens (tertiary/aromatic N) is 2. The van der Waals surface area contributed by atoms with Crippen LogP contribution in [0.5, 0.6) is 0 Å². The molecule has 0 saturated heterocycles. The summed E-state index contributed by atoms with van der Waals surface area (Å²) in [5.41, 5.74) is -1.25. The van der Waals surface area contributed by atoms with Gasteiger partial charge in [-0.1, -0.05) is 37.3 Å². The van der Waals surface area contributed by atoms with E-state index in [0.29, 0.717) is 28.5 Å². The molecule has 0 spiro atoms. The van der Waals surface area contributed by atoms with Crippen LogP contribution in [0.2, 0.25) is 0 Å². The number of anilines is 1. The molecule has 1 aromatic heterocycles. The first kappa shape index (κ1) is 24.0. The van der Waals surface area contributed by atoms with Gasteiger partial charge < -0.3 is 9.88 Å². The Kier molecular flexibility index (Phi) is 6.12. The van der Waals surface area contributed by atoms with Crippen LogP contribution in [0, 0.1) is 17.1 Å². The molecule has 4 rings (SSSR count). The first-order valence-corrected chi connectivity index (χ1v) is 10.9. The summed E-state index contributed by atoms with van der Waals surface area (Å²) in [5, 5.41) is 12.2. The second-order valence-electron chi connectivity index (χ2n) is 8.39. The van der Waals surface area contributed by atoms with Gasteiger partial charge in [0.25, 0.3) is 0 Å². The molecule has 1 amide bonds. The van der Waals surface area contributed by atoms with E-state index in [4.69, 9.17) is 5.26 Å². The Labute approximate surface area is 199 Å². The number of amides is 1. The number of aromatic nitrogens is 1. The van der Waals surface area contributed by atoms with Crippen LogP contribution in [0.1, 0.15) is 31.4 Å². The zero-order valence-electron chi connectivity index (χ0n) is 18.9. The number of hydrogen-bond acceptors (Lipinski definition) is 2. The van der Waals surface area contributed by atoms with Crippen molar-refractivity contribution in [3.8, 4) is 17.2 Å². The van der Waals surface area contributed by atoms with Crippen molar-refractivity contribution in [2.75, 3.05) is 5.32 Å². The van der Waals surface area contributed by atoms with Gasteiger partial charge >= 0.3 is 6.18 Å². The molecule has 8 heteroatoms. The fourth-order valence-electron chi connectivity index (χ4n) is 4.08. The van der Waals surface area contributed by atoms with Crippen LogP contribution in [-0.4, -0.2) is 10.5 Å². The van der Waals surface area contributed by atoms with Crippen molar-refractivity contribution in [2.45, 2.75) is 32.0 Å². The Hall–Kier alpha value is -4.12. The summed E-state index contributed by atoms with van der Waals surface area (Å²) in [7, 11) is 0. The lowest BCUT2D eigenvalue weighted by Gasteiger charge is -2.30. The van der Waals surface area contributed by atoms with Gasteiger partial charge in [0.15, 0.2) is 0 Å². The number of halogens is 4. The fraction of sp³-hybridized carbons (Fsp3) is 0.185. The minimum atomic E-state index is -4.74. The van der Waals surface area contributed by atoms with Gasteiger partial charge in [0.1, 0.15) is 11.4 Å². The Balaban J connectivity index is 1.75. The molecule has 3 aromatic carbocycles. The number of carbonyl (C=O) groups is 1. The first-order chi connectivity index (χ1) is 16.6. The standard InChI is InChI=1S/C27H21F4N3O/c1-3-26(2,25(35)33-20-10-9-19(16-32)22(14-20)27(29,30)31)34-12-11-18-13-23(28)21(15-24(18)34)17-7-5-4-6-8-17/h4-15H,3H2,1-2H3,(H,33,35). The average Bonchev–Trinajstić information content (AvgIpc) is 3.26. The van der Waals surface area contributed by atoms with E-state index in [-0.39, 0.29) is 5.69 Å². The van der Waals surface area contributed by atoms with Gasteiger partial charge in [-0.05, 0) is 55.3 Å². The molecule has 4 nitrogen and oxygen atoms in total. The monoisotopic (exact) mass is 479 g/mol. The Morgan fingerprint density at radius 3 is 2.40 bits per heavy atom. The van der Waals surface area contributed by atoms with E-state index in [2.05, 4.69) is 5.32 Å². The summed E-state index contributed by atoms with van der Waals surface area (Å²) in [6.07, 6.45) is -2.76. The fourth-order valence-corrected chi connectivity index (χ4v) is 4.08. The van der Waals surface area contributed by atoms with Crippen LogP contribution in [0.25, 0.3) is 22.0 Å². The minimum absolute atomic E-state index is 0.0755. The summed E-state index contributed by atoms with van der Waals surface area (Å²) in [4.78, 5) is 13.4. The highest BCUT2D eigenvalue weighted by molar-refractivity contribution is 5.98. The first-order valence-electron chi connectivity index (χ1n) is 10.9. The predicted molar refractivity (Wildman–Crippen MR) is 126 cm³/mol. The number of nitriles is 1. The van der Waals surface area contributed by atoms with Gasteiger partial charge in [0, 0.05) is 28.4 Å². The van der Waals surface area contributed by atoms with E-state index in [9.17, 15) is 22.4 Å². The van der Waals surface area contributed by atoms with Crippen molar-refractivity contribution in [3.63, 3.8) is 0 Å². The lowest BCUT2D eigenvalue weighted by Crippen LogP contribution is -2.42. The number of nitrogens with one attached hydrogen (secondary N) is 1. The lowest BCUT2D eigenvalue weighted by atomic mass is 9.96. The molecular formula is C27H21F4N3O. The molecule has 0 bridgehead atoms. The van der Waals surface area contributed by atoms with Crippen LogP contribution in [0.3, 0.4) is 0 Å². The SMILES string of the molecule is CCC(C)(C(=O)Nc1ccc(C#N)c(C(F)(F)F)c1)n1ccc2cc(F)c(-c3ccccc3)cc21. The van der Waals surface area contributed by atoms with Gasteiger partial charge in [-0.2, -0.15) is 18.4 Å². The number of carbonyl (C=O) groups excluding carboxylic acids is 1. The summed E-state index contributed by atoms with van der Waals surface area (Å²) in [6, 6.07) is 18.3. The highest BCUT2D eigenvalue weighted by Gasteiger charge is 2.36. The summed E-state index contributed by atoms with van der Waals surface area (Å²) in [5.74, 6) is -0.942. The van der Waals surface area contributed by atoms with Crippen LogP contribution in [-0.2, 0) is 16.5 Å². The second kappa shape index (κ2) is 8.91. The summed E-state index contributed by atoms with van der Waals surface area (Å²) in [6.45, 7) is 3.45. The second-order valence-corrected chi connectivity index (χ2v) is 8.39. The molecule has 0 aliphatic carbocycles. The van der Waals surface area contributed by atoms with Crippen LogP contribution in [0.4, 0.5) is 23.2 Å². The van der Waals surface area contributed by atoms with Crippen molar-refractivity contribution < 1.29 is 22.4 Å². The molecule has 1 unspecified atom stereocenters. The van der Waals surface area contributed by atoms with Gasteiger partial charge in [0.05, 0.1) is 17.2 Å². The maximum atomic E-state index is 14.8. The topological polar surface area (TPSA) is 57.8 Å². The number of hydrogen-bond donors (Lipinski definition) is 1. The number of alkyl halides is 3. The van der Waals surface area contributed by atoms with Crippen LogP contribution >= 0.6 is 0 Å². The van der Waals surface area contributed by atoms with Crippen molar-refractivity contribution in [1.82, 2.24) is 4.57 Å². The molecule has 0 saturated carbocycles. The lowest BCUT2D eigenvalue weighted by molar-refractivity contribution is -0.137. The molecule has 0 radical (unpaired) electrons. The van der Waals surface area contributed by atoms with E-state index in [0.717, 1.165) is 12.1 Å². The Morgan fingerprint density at radius 2 is 1.77 bits per heavy atom. The van der Waals surface area contributed by atoms with Crippen molar-refractivity contribution in [2.24, 2.45) is 0 Å². The quantitative estimate of drug-likeness (QED) is 0.310. The van der Waals surface area contributed by atoms with Gasteiger partial charge in [-0.15, -0.1) is 0 Å². The maximum absolute atomic E-state index is 14.8. The molecule has 35 heavy (non-hydrogen) atoms. The van der Waals surface area contributed by atoms with Crippen molar-refractivity contribution in [1.29, 1.82) is 5.26 Å². The van der Waals surface area contributed by atoms with Gasteiger partial charge in [-0.25, -0.2) is 4.39 Å². The minimum Gasteiger partial charge on any atom is -0.332 e. The smallest absolute Gasteiger partial charge is 0.332 e. The highest BCUT2D eigenvalue weighted by Crippen LogP contribution is 2.36. The molecule has 0 aliphatic rings. The normalized spacial score (nSPS) is 13.3. The summed E-state index contributed by atoms with van der Waals surface area (Å²) >= 11 is 0. The van der Waals surface area contributed by atoms with Crippen LogP contribution < -0.4 is 5.32 Å². The van der Waals surface area contributed by atoms with Gasteiger partial charge in [-0.3, -0.25) is 4.79 Å². The zero-order valence-corrected chi connectivity index (χ0v) is 18.9. The zero-order chi connectivity index (χ0) is 25.4. The molecule has 1 N–H and O–H groups in total. The van der Waals surface area contributed by atoms with E-state index in [1.54, 1.807) is 61.0 Å². The van der Waals surface area contributed by atoms with Crippen LogP contribution in [0.15, 0.2) is 72.9 Å². The van der Waals surface area contributed by atoms with Crippen molar-refractivity contribution in [3.05, 3.63) is 89.9 Å². The Bertz CT molecular complexity index is 1450. The Morgan fingerprint density at radius 1 is 1.06 bits per heavy atom. The molecule has 0 fully saturated rings. The molecular weight excluding hydrogens is 458 g/mol. The third-order valence-corrected chi connectivity index (χ3v) is 6.28. The molecule has 4 aromatic rings. The molecule has 1 atom stereocenters. The summed E-state index contributed by atoms with van der Waals surface area (Å²) < 4.78 is 56.6. The van der Waals surface area contributed by atoms with E-state index in [1.807, 2.05) is 6.07 Å². The number of fused-ring (bicyclic) bond motifs is 1. The molecule has 0 aliphatic heterocycles. The highest BCUT2D eigenvalue weighted by atomic mass is 19.4. The van der Waals surface area contributed by atoms with E-state index < -0.39 is 34.6 Å². The van der Waals surface area contributed by atoms with Crippen molar-refractivity contribution >= 4 is 22.5 Å². The molecule has 178 valence electrons. The maximum Gasteiger partial charge on any atom is 0.417 e. The largest absolute Gasteiger partial charge is 0.417 e. The van der Waals surface area contributed by atoms with Gasteiger partial charge in [0.2, 0.25) is 5.91 Å². The number of benzene rings is 3.